The summed E-state index contributed by atoms with van der Waals surface area (Å²) in [5, 5.41) is 2.96. The molecule has 3 fully saturated rings. The maximum atomic E-state index is 13.0. The monoisotopic (exact) mass is 424 g/mol. The second kappa shape index (κ2) is 8.37. The Morgan fingerprint density at radius 2 is 2.10 bits per heavy atom. The number of rotatable bonds is 5. The van der Waals surface area contributed by atoms with Gasteiger partial charge in [0.1, 0.15) is 11.9 Å². The summed E-state index contributed by atoms with van der Waals surface area (Å²) in [7, 11) is 1.56. The molecule has 10 nitrogen and oxygen atoms in total. The van der Waals surface area contributed by atoms with Crippen LogP contribution in [-0.4, -0.2) is 59.2 Å². The van der Waals surface area contributed by atoms with Crippen LogP contribution < -0.4 is 31.5 Å². The van der Waals surface area contributed by atoms with Gasteiger partial charge in [-0.25, -0.2) is 15.4 Å². The molecular formula is C21H28N8O2. The number of anilines is 2. The van der Waals surface area contributed by atoms with Gasteiger partial charge in [-0.2, -0.15) is 0 Å². The van der Waals surface area contributed by atoms with Crippen LogP contribution in [0.3, 0.4) is 0 Å². The third kappa shape index (κ3) is 4.06. The third-order valence-electron chi connectivity index (χ3n) is 6.54. The Hall–Kier alpha value is -2.82. The van der Waals surface area contributed by atoms with E-state index in [0.717, 1.165) is 43.9 Å². The number of ether oxygens (including phenoxy) is 1. The molecule has 10 heteroatoms. The summed E-state index contributed by atoms with van der Waals surface area (Å²) >= 11 is 0. The van der Waals surface area contributed by atoms with E-state index in [1.165, 1.54) is 0 Å². The zero-order chi connectivity index (χ0) is 21.4. The summed E-state index contributed by atoms with van der Waals surface area (Å²) in [6.45, 7) is 1.65. The summed E-state index contributed by atoms with van der Waals surface area (Å²) < 4.78 is 5.07. The van der Waals surface area contributed by atoms with Crippen LogP contribution in [0.15, 0.2) is 30.7 Å². The van der Waals surface area contributed by atoms with Crippen molar-refractivity contribution >= 4 is 17.4 Å². The molecule has 3 aliphatic rings. The number of carbonyl (C=O) groups excluding carboxylic acids is 1. The lowest BCUT2D eigenvalue weighted by molar-refractivity contribution is -0.119. The summed E-state index contributed by atoms with van der Waals surface area (Å²) in [5.74, 6) is 1.79. The highest BCUT2D eigenvalue weighted by atomic mass is 16.5. The number of pyridine rings is 1. The molecule has 31 heavy (non-hydrogen) atoms. The van der Waals surface area contributed by atoms with Crippen molar-refractivity contribution in [2.45, 2.75) is 43.3 Å². The molecule has 0 bridgehead atoms. The predicted octanol–water partition coefficient (Wildman–Crippen LogP) is 0.395. The van der Waals surface area contributed by atoms with Crippen molar-refractivity contribution in [3.63, 3.8) is 0 Å². The van der Waals surface area contributed by atoms with Gasteiger partial charge in [0, 0.05) is 49.3 Å². The summed E-state index contributed by atoms with van der Waals surface area (Å²) in [6, 6.07) is 3.68. The number of fused-ring (bicyclic) bond motifs is 1. The molecule has 2 saturated heterocycles. The van der Waals surface area contributed by atoms with E-state index in [9.17, 15) is 4.79 Å². The van der Waals surface area contributed by atoms with Crippen molar-refractivity contribution < 1.29 is 9.53 Å². The van der Waals surface area contributed by atoms with Crippen molar-refractivity contribution in [1.82, 2.24) is 25.8 Å². The molecule has 1 saturated carbocycles. The maximum absolute atomic E-state index is 13.0. The average molecular weight is 425 g/mol. The second-order valence-corrected chi connectivity index (χ2v) is 8.59. The highest BCUT2D eigenvalue weighted by molar-refractivity contribution is 5.95. The molecule has 2 aromatic heterocycles. The van der Waals surface area contributed by atoms with Crippen LogP contribution in [-0.2, 0) is 4.79 Å². The van der Waals surface area contributed by atoms with Gasteiger partial charge in [0.15, 0.2) is 0 Å². The number of hydrazine groups is 1. The Kier molecular flexibility index (Phi) is 5.43. The number of nitrogens with one attached hydrogen (secondary N) is 3. The first-order valence-corrected chi connectivity index (χ1v) is 10.7. The van der Waals surface area contributed by atoms with Crippen molar-refractivity contribution in [3.05, 3.63) is 36.4 Å². The van der Waals surface area contributed by atoms with E-state index < -0.39 is 0 Å². The first-order chi connectivity index (χ1) is 15.1. The number of hydrogen-bond donors (Lipinski definition) is 4. The van der Waals surface area contributed by atoms with Crippen LogP contribution in [0.5, 0.6) is 5.88 Å². The van der Waals surface area contributed by atoms with Crippen LogP contribution in [0, 0.1) is 5.92 Å². The zero-order valence-corrected chi connectivity index (χ0v) is 17.5. The van der Waals surface area contributed by atoms with Crippen LogP contribution in [0.4, 0.5) is 11.5 Å². The van der Waals surface area contributed by atoms with Gasteiger partial charge in [-0.05, 0) is 25.3 Å². The number of carbonyl (C=O) groups is 1. The van der Waals surface area contributed by atoms with Crippen molar-refractivity contribution in [3.8, 4) is 5.88 Å². The van der Waals surface area contributed by atoms with E-state index in [1.54, 1.807) is 31.6 Å². The number of methoxy groups -OCH3 is 1. The van der Waals surface area contributed by atoms with Crippen LogP contribution in [0.2, 0.25) is 0 Å². The Morgan fingerprint density at radius 1 is 1.23 bits per heavy atom. The van der Waals surface area contributed by atoms with E-state index in [-0.39, 0.29) is 35.9 Å². The second-order valence-electron chi connectivity index (χ2n) is 8.59. The van der Waals surface area contributed by atoms with Gasteiger partial charge < -0.3 is 20.7 Å². The van der Waals surface area contributed by atoms with Crippen LogP contribution in [0.1, 0.15) is 30.9 Å². The fourth-order valence-electron chi connectivity index (χ4n) is 4.80. The minimum absolute atomic E-state index is 0.0676. The molecule has 1 amide bonds. The van der Waals surface area contributed by atoms with E-state index in [0.29, 0.717) is 11.6 Å². The standard InChI is InChI=1S/C21H28N8O2/c1-31-19-5-3-14(7-24-19)25-21(30)20-15-6-12(2-4-16(15)27-28-20)17-8-23-9-18(26-17)29-10-13(22)11-29/h3,5,7-9,12-13,15-16,20,27-28H,2,4,6,10-11,22H2,1H3,(H,25,30). The quantitative estimate of drug-likeness (QED) is 0.538. The molecule has 164 valence electrons. The maximum Gasteiger partial charge on any atom is 0.243 e. The van der Waals surface area contributed by atoms with Crippen molar-refractivity contribution in [1.29, 1.82) is 0 Å². The summed E-state index contributed by atoms with van der Waals surface area (Å²) in [6.07, 6.45) is 8.15. The first kappa shape index (κ1) is 20.1. The minimum Gasteiger partial charge on any atom is -0.481 e. The van der Waals surface area contributed by atoms with E-state index >= 15 is 0 Å². The number of nitrogens with zero attached hydrogens (tertiary/aromatic N) is 4. The lowest BCUT2D eigenvalue weighted by Gasteiger charge is -2.38. The minimum atomic E-state index is -0.320. The Labute approximate surface area is 181 Å². The SMILES string of the molecule is COc1ccc(NC(=O)C2NNC3CCC(c4cncc(N5CC(N)C5)n4)CC32)cn1. The molecule has 5 rings (SSSR count). The average Bonchev–Trinajstić information content (AvgIpc) is 3.21. The fourth-order valence-corrected chi connectivity index (χ4v) is 4.80. The lowest BCUT2D eigenvalue weighted by Crippen LogP contribution is -2.56. The molecule has 4 atom stereocenters. The Morgan fingerprint density at radius 3 is 2.84 bits per heavy atom. The van der Waals surface area contributed by atoms with Gasteiger partial charge in [0.05, 0.1) is 30.9 Å². The van der Waals surface area contributed by atoms with Crippen molar-refractivity contribution in [2.24, 2.45) is 11.7 Å². The molecule has 0 aromatic carbocycles. The van der Waals surface area contributed by atoms with Gasteiger partial charge in [-0.3, -0.25) is 15.2 Å². The lowest BCUT2D eigenvalue weighted by atomic mass is 9.74. The number of nitrogens with two attached hydrogens (primary N) is 1. The zero-order valence-electron chi connectivity index (χ0n) is 17.5. The van der Waals surface area contributed by atoms with E-state index in [1.807, 2.05) is 6.20 Å². The largest absolute Gasteiger partial charge is 0.481 e. The van der Waals surface area contributed by atoms with E-state index in [4.69, 9.17) is 15.5 Å². The van der Waals surface area contributed by atoms with Gasteiger partial charge in [0.2, 0.25) is 11.8 Å². The van der Waals surface area contributed by atoms with Crippen LogP contribution in [0.25, 0.3) is 0 Å². The van der Waals surface area contributed by atoms with Gasteiger partial charge in [-0.15, -0.1) is 0 Å². The number of amides is 1. The van der Waals surface area contributed by atoms with Gasteiger partial charge >= 0.3 is 0 Å². The van der Waals surface area contributed by atoms with Gasteiger partial charge in [0.25, 0.3) is 0 Å². The highest BCUT2D eigenvalue weighted by Crippen LogP contribution is 2.39. The molecule has 0 radical (unpaired) electrons. The van der Waals surface area contributed by atoms with E-state index in [2.05, 4.69) is 31.0 Å². The molecular weight excluding hydrogens is 396 g/mol. The smallest absolute Gasteiger partial charge is 0.243 e. The highest BCUT2D eigenvalue weighted by Gasteiger charge is 2.44. The van der Waals surface area contributed by atoms with Crippen molar-refractivity contribution in [2.75, 3.05) is 30.4 Å². The molecule has 0 spiro atoms. The summed E-state index contributed by atoms with van der Waals surface area (Å²) in [4.78, 5) is 28.6. The molecule has 1 aliphatic carbocycles. The molecule has 2 aliphatic heterocycles. The number of aromatic nitrogens is 3. The summed E-state index contributed by atoms with van der Waals surface area (Å²) in [5.41, 5.74) is 14.1. The molecule has 4 heterocycles. The first-order valence-electron chi connectivity index (χ1n) is 10.7. The molecule has 5 N–H and O–H groups in total. The van der Waals surface area contributed by atoms with Gasteiger partial charge in [-0.1, -0.05) is 0 Å². The predicted molar refractivity (Wildman–Crippen MR) is 116 cm³/mol. The molecule has 4 unspecified atom stereocenters. The van der Waals surface area contributed by atoms with Crippen LogP contribution >= 0.6 is 0 Å². The Balaban J connectivity index is 1.26. The fraction of sp³-hybridized carbons (Fsp3) is 0.524. The normalized spacial score (nSPS) is 28.0. The Bertz CT molecular complexity index is 933. The number of hydrogen-bond acceptors (Lipinski definition) is 9. The molecule has 2 aromatic rings. The third-order valence-corrected chi connectivity index (χ3v) is 6.54. The topological polar surface area (TPSA) is 130 Å².